The standard InChI is InChI=1S/C12H26N2O3S/c1-2-11-18(16,17)12-9-14-5-3-4-13(6-7-14)8-10-15/h15H,2-12H2,1H3. The number of aliphatic hydroxyl groups is 1. The molecule has 6 heteroatoms. The summed E-state index contributed by atoms with van der Waals surface area (Å²) in [6.07, 6.45) is 1.75. The SMILES string of the molecule is CCCS(=O)(=O)CCN1CCCN(CCO)CC1. The zero-order valence-electron chi connectivity index (χ0n) is 11.3. The van der Waals surface area contributed by atoms with E-state index in [0.717, 1.165) is 39.1 Å². The molecule has 1 saturated heterocycles. The number of aliphatic hydroxyl groups excluding tert-OH is 1. The van der Waals surface area contributed by atoms with E-state index in [9.17, 15) is 8.42 Å². The number of rotatable bonds is 7. The summed E-state index contributed by atoms with van der Waals surface area (Å²) in [6.45, 7) is 7.26. The molecule has 0 bridgehead atoms. The predicted octanol–water partition coefficient (Wildman–Crippen LogP) is -0.189. The molecule has 1 heterocycles. The van der Waals surface area contributed by atoms with Gasteiger partial charge in [-0.25, -0.2) is 8.42 Å². The lowest BCUT2D eigenvalue weighted by Gasteiger charge is -2.21. The highest BCUT2D eigenvalue weighted by Gasteiger charge is 2.16. The van der Waals surface area contributed by atoms with Crippen LogP contribution in [0.2, 0.25) is 0 Å². The van der Waals surface area contributed by atoms with Gasteiger partial charge in [-0.2, -0.15) is 0 Å². The molecule has 1 aliphatic rings. The first-order valence-electron chi connectivity index (χ1n) is 6.83. The van der Waals surface area contributed by atoms with Crippen LogP contribution in [0, 0.1) is 0 Å². The van der Waals surface area contributed by atoms with Crippen LogP contribution in [0.5, 0.6) is 0 Å². The summed E-state index contributed by atoms with van der Waals surface area (Å²) in [4.78, 5) is 4.46. The van der Waals surface area contributed by atoms with Crippen molar-refractivity contribution in [1.29, 1.82) is 0 Å². The van der Waals surface area contributed by atoms with Crippen LogP contribution in [0.25, 0.3) is 0 Å². The fourth-order valence-corrected chi connectivity index (χ4v) is 3.66. The van der Waals surface area contributed by atoms with E-state index < -0.39 is 9.84 Å². The molecule has 0 saturated carbocycles. The van der Waals surface area contributed by atoms with E-state index in [1.807, 2.05) is 6.92 Å². The molecular weight excluding hydrogens is 252 g/mol. The first-order valence-corrected chi connectivity index (χ1v) is 8.65. The number of nitrogens with zero attached hydrogens (tertiary/aromatic N) is 2. The first-order chi connectivity index (χ1) is 8.57. The summed E-state index contributed by atoms with van der Waals surface area (Å²) in [7, 11) is -2.86. The van der Waals surface area contributed by atoms with Crippen molar-refractivity contribution < 1.29 is 13.5 Å². The highest BCUT2D eigenvalue weighted by Crippen LogP contribution is 2.04. The molecule has 0 amide bonds. The van der Waals surface area contributed by atoms with Gasteiger partial charge in [-0.3, -0.25) is 4.90 Å². The van der Waals surface area contributed by atoms with E-state index in [1.165, 1.54) is 0 Å². The van der Waals surface area contributed by atoms with Gasteiger partial charge in [-0.05, 0) is 25.9 Å². The monoisotopic (exact) mass is 278 g/mol. The van der Waals surface area contributed by atoms with Crippen molar-refractivity contribution in [2.75, 3.05) is 57.4 Å². The number of hydrogen-bond donors (Lipinski definition) is 1. The fourth-order valence-electron chi connectivity index (χ4n) is 2.29. The second-order valence-electron chi connectivity index (χ2n) is 4.91. The smallest absolute Gasteiger partial charge is 0.151 e. The maximum absolute atomic E-state index is 11.7. The Balaban J connectivity index is 2.31. The minimum absolute atomic E-state index is 0.199. The van der Waals surface area contributed by atoms with Gasteiger partial charge in [0.1, 0.15) is 0 Å². The van der Waals surface area contributed by atoms with E-state index >= 15 is 0 Å². The summed E-state index contributed by atoms with van der Waals surface area (Å²) in [6, 6.07) is 0. The van der Waals surface area contributed by atoms with Crippen molar-refractivity contribution in [3.63, 3.8) is 0 Å². The van der Waals surface area contributed by atoms with Crippen molar-refractivity contribution in [2.24, 2.45) is 0 Å². The fraction of sp³-hybridized carbons (Fsp3) is 1.00. The van der Waals surface area contributed by atoms with Crippen LogP contribution in [0.15, 0.2) is 0 Å². The summed E-state index contributed by atoms with van der Waals surface area (Å²) < 4.78 is 23.3. The van der Waals surface area contributed by atoms with Gasteiger partial charge in [0.25, 0.3) is 0 Å². The van der Waals surface area contributed by atoms with Gasteiger partial charge in [0.05, 0.1) is 12.4 Å². The Morgan fingerprint density at radius 3 is 2.17 bits per heavy atom. The summed E-state index contributed by atoms with van der Waals surface area (Å²) >= 11 is 0. The predicted molar refractivity (Wildman–Crippen MR) is 73.5 cm³/mol. The molecule has 1 aliphatic heterocycles. The Hall–Kier alpha value is -0.170. The minimum Gasteiger partial charge on any atom is -0.395 e. The Morgan fingerprint density at radius 1 is 1.00 bits per heavy atom. The average Bonchev–Trinajstić information content (AvgIpc) is 2.53. The van der Waals surface area contributed by atoms with Crippen LogP contribution in [0.3, 0.4) is 0 Å². The van der Waals surface area contributed by atoms with Gasteiger partial charge in [-0.1, -0.05) is 6.92 Å². The Morgan fingerprint density at radius 2 is 1.61 bits per heavy atom. The largest absolute Gasteiger partial charge is 0.395 e. The third kappa shape index (κ3) is 6.13. The second-order valence-corrected chi connectivity index (χ2v) is 7.22. The van der Waals surface area contributed by atoms with Crippen molar-refractivity contribution in [1.82, 2.24) is 9.80 Å². The maximum Gasteiger partial charge on any atom is 0.151 e. The lowest BCUT2D eigenvalue weighted by molar-refractivity contribution is 0.198. The van der Waals surface area contributed by atoms with Crippen molar-refractivity contribution >= 4 is 9.84 Å². The zero-order valence-corrected chi connectivity index (χ0v) is 12.2. The van der Waals surface area contributed by atoms with Crippen molar-refractivity contribution in [2.45, 2.75) is 19.8 Å². The quantitative estimate of drug-likeness (QED) is 0.699. The van der Waals surface area contributed by atoms with E-state index in [-0.39, 0.29) is 12.4 Å². The summed E-state index contributed by atoms with van der Waals surface area (Å²) in [5, 5.41) is 8.91. The molecule has 5 nitrogen and oxygen atoms in total. The molecule has 18 heavy (non-hydrogen) atoms. The molecule has 0 atom stereocenters. The molecule has 0 unspecified atom stereocenters. The molecule has 0 aliphatic carbocycles. The van der Waals surface area contributed by atoms with Gasteiger partial charge in [-0.15, -0.1) is 0 Å². The Labute approximate surface area is 111 Å². The van der Waals surface area contributed by atoms with Crippen molar-refractivity contribution in [3.05, 3.63) is 0 Å². The molecule has 0 radical (unpaired) electrons. The van der Waals surface area contributed by atoms with Crippen LogP contribution in [-0.4, -0.2) is 80.7 Å². The van der Waals surface area contributed by atoms with Gasteiger partial charge in [0, 0.05) is 31.9 Å². The third-order valence-corrected chi connectivity index (χ3v) is 5.17. The zero-order chi connectivity index (χ0) is 13.4. The van der Waals surface area contributed by atoms with Gasteiger partial charge >= 0.3 is 0 Å². The average molecular weight is 278 g/mol. The van der Waals surface area contributed by atoms with Crippen molar-refractivity contribution in [3.8, 4) is 0 Å². The summed E-state index contributed by atoms with van der Waals surface area (Å²) in [5.74, 6) is 0.582. The van der Waals surface area contributed by atoms with E-state index in [1.54, 1.807) is 0 Å². The lowest BCUT2D eigenvalue weighted by Crippen LogP contribution is -2.35. The molecule has 0 aromatic carbocycles. The lowest BCUT2D eigenvalue weighted by atomic mass is 10.4. The Bertz CT molecular complexity index is 319. The molecule has 1 rings (SSSR count). The molecule has 108 valence electrons. The van der Waals surface area contributed by atoms with Gasteiger partial charge < -0.3 is 10.0 Å². The first kappa shape index (κ1) is 15.9. The summed E-state index contributed by atoms with van der Waals surface area (Å²) in [5.41, 5.74) is 0. The van der Waals surface area contributed by atoms with Gasteiger partial charge in [0.2, 0.25) is 0 Å². The van der Waals surface area contributed by atoms with Crippen LogP contribution in [0.4, 0.5) is 0 Å². The highest BCUT2D eigenvalue weighted by molar-refractivity contribution is 7.91. The highest BCUT2D eigenvalue weighted by atomic mass is 32.2. The molecule has 1 N–H and O–H groups in total. The van der Waals surface area contributed by atoms with E-state index in [0.29, 0.717) is 18.7 Å². The van der Waals surface area contributed by atoms with E-state index in [2.05, 4.69) is 9.80 Å². The normalized spacial score (nSPS) is 19.9. The maximum atomic E-state index is 11.7. The molecule has 0 aromatic heterocycles. The van der Waals surface area contributed by atoms with E-state index in [4.69, 9.17) is 5.11 Å². The van der Waals surface area contributed by atoms with Crippen LogP contribution >= 0.6 is 0 Å². The second kappa shape index (κ2) is 8.09. The van der Waals surface area contributed by atoms with Crippen LogP contribution in [0.1, 0.15) is 19.8 Å². The number of hydrogen-bond acceptors (Lipinski definition) is 5. The molecular formula is C12H26N2O3S. The number of sulfone groups is 1. The topological polar surface area (TPSA) is 60.9 Å². The number of β-amino-alcohol motifs (C(OH)–C–C–N with tert-alkyl or cyclic N) is 1. The molecule has 0 spiro atoms. The van der Waals surface area contributed by atoms with Crippen LogP contribution < -0.4 is 0 Å². The Kier molecular flexibility index (Phi) is 7.14. The minimum atomic E-state index is -2.86. The van der Waals surface area contributed by atoms with Crippen LogP contribution in [-0.2, 0) is 9.84 Å². The molecule has 0 aromatic rings. The molecule has 1 fully saturated rings. The van der Waals surface area contributed by atoms with Gasteiger partial charge in [0.15, 0.2) is 9.84 Å². The third-order valence-electron chi connectivity index (χ3n) is 3.33.